The van der Waals surface area contributed by atoms with E-state index in [1.54, 1.807) is 17.4 Å². The number of carbonyl (C=O) groups excluding carboxylic acids is 3. The number of nitrogens with one attached hydrogen (secondary N) is 2. The van der Waals surface area contributed by atoms with E-state index in [2.05, 4.69) is 15.6 Å². The minimum atomic E-state index is -0.664. The van der Waals surface area contributed by atoms with Crippen molar-refractivity contribution in [3.05, 3.63) is 47.8 Å². The number of amides is 3. The topological polar surface area (TPSA) is 118 Å². The van der Waals surface area contributed by atoms with Gasteiger partial charge in [-0.3, -0.25) is 9.78 Å². The highest BCUT2D eigenvalue weighted by atomic mass is 16.5. The summed E-state index contributed by atoms with van der Waals surface area (Å²) in [4.78, 5) is 48.4. The van der Waals surface area contributed by atoms with E-state index in [0.29, 0.717) is 44.5 Å². The zero-order valence-corrected chi connectivity index (χ0v) is 21.7. The van der Waals surface area contributed by atoms with E-state index in [1.807, 2.05) is 43.7 Å². The third kappa shape index (κ3) is 7.53. The Kier molecular flexibility index (Phi) is 9.84. The summed E-state index contributed by atoms with van der Waals surface area (Å²) in [5.74, 6) is -0.245. The lowest BCUT2D eigenvalue weighted by Gasteiger charge is -2.33. The van der Waals surface area contributed by atoms with E-state index in [-0.39, 0.29) is 23.8 Å². The fourth-order valence-electron chi connectivity index (χ4n) is 4.48. The number of pyridine rings is 1. The molecule has 1 aliphatic heterocycles. The molecule has 36 heavy (non-hydrogen) atoms. The number of rotatable bonds is 10. The number of esters is 1. The highest BCUT2D eigenvalue weighted by Gasteiger charge is 2.30. The Morgan fingerprint density at radius 1 is 1.19 bits per heavy atom. The first-order chi connectivity index (χ1) is 17.3. The molecular formula is C26H38N6O4. The number of hydrogen-bond acceptors (Lipinski definition) is 6. The summed E-state index contributed by atoms with van der Waals surface area (Å²) < 4.78 is 6.83. The summed E-state index contributed by atoms with van der Waals surface area (Å²) in [6, 6.07) is 2.77. The van der Waals surface area contributed by atoms with Gasteiger partial charge in [0.1, 0.15) is 6.04 Å². The van der Waals surface area contributed by atoms with E-state index in [1.165, 1.54) is 7.11 Å². The number of imidazole rings is 1. The van der Waals surface area contributed by atoms with Gasteiger partial charge in [0, 0.05) is 50.2 Å². The van der Waals surface area contributed by atoms with Crippen LogP contribution in [0, 0.1) is 12.8 Å². The molecule has 0 spiro atoms. The molecule has 1 fully saturated rings. The molecule has 1 atom stereocenters. The first-order valence-corrected chi connectivity index (χ1v) is 12.6. The predicted octanol–water partition coefficient (Wildman–Crippen LogP) is 2.88. The van der Waals surface area contributed by atoms with Gasteiger partial charge in [-0.25, -0.2) is 14.6 Å². The van der Waals surface area contributed by atoms with Crippen LogP contribution in [0.15, 0.2) is 30.9 Å². The van der Waals surface area contributed by atoms with Crippen LogP contribution in [0.5, 0.6) is 0 Å². The van der Waals surface area contributed by atoms with E-state index < -0.39 is 12.0 Å². The predicted molar refractivity (Wildman–Crippen MR) is 135 cm³/mol. The number of urea groups is 1. The number of methoxy groups -OCH3 is 1. The number of aryl methyl sites for hydroxylation is 2. The molecule has 1 saturated heterocycles. The molecule has 3 rings (SSSR count). The van der Waals surface area contributed by atoms with Crippen LogP contribution in [0.3, 0.4) is 0 Å². The highest BCUT2D eigenvalue weighted by molar-refractivity contribution is 5.95. The number of nitrogens with zero attached hydrogens (tertiary/aromatic N) is 4. The second kappa shape index (κ2) is 13.0. The van der Waals surface area contributed by atoms with Gasteiger partial charge in [-0.1, -0.05) is 13.8 Å². The van der Waals surface area contributed by atoms with Crippen LogP contribution in [-0.4, -0.2) is 70.1 Å². The average molecular weight is 499 g/mol. The van der Waals surface area contributed by atoms with Crippen LogP contribution in [-0.2, 0) is 16.1 Å². The molecule has 1 aliphatic rings. The zero-order valence-electron chi connectivity index (χ0n) is 21.7. The number of piperidine rings is 1. The Balaban J connectivity index is 1.57. The molecule has 3 heterocycles. The van der Waals surface area contributed by atoms with Gasteiger partial charge in [0.25, 0.3) is 5.91 Å². The third-order valence-electron chi connectivity index (χ3n) is 6.41. The van der Waals surface area contributed by atoms with Gasteiger partial charge in [0.05, 0.1) is 24.7 Å². The molecule has 3 amide bonds. The van der Waals surface area contributed by atoms with Crippen molar-refractivity contribution in [2.45, 2.75) is 65.0 Å². The van der Waals surface area contributed by atoms with Crippen LogP contribution < -0.4 is 10.6 Å². The summed E-state index contributed by atoms with van der Waals surface area (Å²) in [6.07, 6.45) is 8.10. The maximum absolute atomic E-state index is 13.0. The van der Waals surface area contributed by atoms with Crippen molar-refractivity contribution >= 4 is 17.9 Å². The van der Waals surface area contributed by atoms with Crippen molar-refractivity contribution < 1.29 is 19.1 Å². The molecule has 0 saturated carbocycles. The fourth-order valence-corrected chi connectivity index (χ4v) is 4.48. The van der Waals surface area contributed by atoms with Crippen LogP contribution in [0.1, 0.15) is 67.2 Å². The molecule has 2 aromatic heterocycles. The molecule has 2 aromatic rings. The Labute approximate surface area is 212 Å². The normalized spacial score (nSPS) is 15.0. The monoisotopic (exact) mass is 498 g/mol. The van der Waals surface area contributed by atoms with Crippen molar-refractivity contribution in [1.82, 2.24) is 30.1 Å². The van der Waals surface area contributed by atoms with Crippen LogP contribution in [0.4, 0.5) is 4.79 Å². The Morgan fingerprint density at radius 3 is 2.58 bits per heavy atom. The summed E-state index contributed by atoms with van der Waals surface area (Å²) >= 11 is 0. The molecule has 10 heteroatoms. The number of carbonyl (C=O) groups is 3. The highest BCUT2D eigenvalue weighted by Crippen LogP contribution is 2.29. The second-order valence-corrected chi connectivity index (χ2v) is 9.71. The lowest BCUT2D eigenvalue weighted by atomic mass is 9.90. The SMILES string of the molecule is COC(=O)[C@H](CC(C)C)NC(=O)N1CCC(c2nc(C)ccc2C(=O)NCCCn2ccnc2)CC1. The molecule has 0 unspecified atom stereocenters. The van der Waals surface area contributed by atoms with Gasteiger partial charge >= 0.3 is 12.0 Å². The summed E-state index contributed by atoms with van der Waals surface area (Å²) in [6.45, 7) is 8.29. The van der Waals surface area contributed by atoms with Crippen LogP contribution in [0.25, 0.3) is 0 Å². The Morgan fingerprint density at radius 2 is 1.94 bits per heavy atom. The molecule has 0 radical (unpaired) electrons. The smallest absolute Gasteiger partial charge is 0.328 e. The fraction of sp³-hybridized carbons (Fsp3) is 0.577. The second-order valence-electron chi connectivity index (χ2n) is 9.71. The van der Waals surface area contributed by atoms with Crippen molar-refractivity contribution in [1.29, 1.82) is 0 Å². The van der Waals surface area contributed by atoms with Crippen molar-refractivity contribution in [2.24, 2.45) is 5.92 Å². The number of likely N-dealkylation sites (tertiary alicyclic amines) is 1. The molecule has 0 bridgehead atoms. The van der Waals surface area contributed by atoms with Crippen molar-refractivity contribution in [2.75, 3.05) is 26.7 Å². The summed E-state index contributed by atoms with van der Waals surface area (Å²) in [5.41, 5.74) is 2.24. The Bertz CT molecular complexity index is 1020. The maximum Gasteiger partial charge on any atom is 0.328 e. The maximum atomic E-state index is 13.0. The van der Waals surface area contributed by atoms with Crippen LogP contribution in [0.2, 0.25) is 0 Å². The standard InChI is InChI=1S/C26H38N6O4/c1-18(2)16-22(25(34)36-4)30-26(35)32-13-8-20(9-14-32)23-21(7-6-19(3)29-23)24(33)28-10-5-12-31-15-11-27-17-31/h6-7,11,15,17-18,20,22H,5,8-10,12-14,16H2,1-4H3,(H,28,33)(H,30,35)/t22-/m0/s1. The molecule has 2 N–H and O–H groups in total. The molecule has 10 nitrogen and oxygen atoms in total. The summed E-state index contributed by atoms with van der Waals surface area (Å²) in [7, 11) is 1.33. The quantitative estimate of drug-likeness (QED) is 0.384. The van der Waals surface area contributed by atoms with Gasteiger partial charge in [-0.05, 0) is 50.7 Å². The van der Waals surface area contributed by atoms with E-state index in [4.69, 9.17) is 9.72 Å². The lowest BCUT2D eigenvalue weighted by molar-refractivity contribution is -0.143. The molecule has 0 aliphatic carbocycles. The van der Waals surface area contributed by atoms with Gasteiger partial charge < -0.3 is 24.8 Å². The molecule has 196 valence electrons. The summed E-state index contributed by atoms with van der Waals surface area (Å²) in [5, 5.41) is 5.84. The van der Waals surface area contributed by atoms with Crippen LogP contribution >= 0.6 is 0 Å². The number of hydrogen-bond donors (Lipinski definition) is 2. The number of aromatic nitrogens is 3. The van der Waals surface area contributed by atoms with E-state index in [0.717, 1.165) is 24.4 Å². The molecular weight excluding hydrogens is 460 g/mol. The minimum Gasteiger partial charge on any atom is -0.467 e. The zero-order chi connectivity index (χ0) is 26.1. The van der Waals surface area contributed by atoms with E-state index in [9.17, 15) is 14.4 Å². The largest absolute Gasteiger partial charge is 0.467 e. The number of ether oxygens (including phenoxy) is 1. The lowest BCUT2D eigenvalue weighted by Crippen LogP contribution is -2.50. The van der Waals surface area contributed by atoms with Gasteiger partial charge in [-0.2, -0.15) is 0 Å². The first-order valence-electron chi connectivity index (χ1n) is 12.6. The molecule has 0 aromatic carbocycles. The van der Waals surface area contributed by atoms with Gasteiger partial charge in [0.15, 0.2) is 0 Å². The first kappa shape index (κ1) is 27.2. The van der Waals surface area contributed by atoms with Crippen molar-refractivity contribution in [3.8, 4) is 0 Å². The average Bonchev–Trinajstić information content (AvgIpc) is 3.39. The Hall–Kier alpha value is -3.43. The third-order valence-corrected chi connectivity index (χ3v) is 6.41. The minimum absolute atomic E-state index is 0.0766. The van der Waals surface area contributed by atoms with Crippen molar-refractivity contribution in [3.63, 3.8) is 0 Å². The van der Waals surface area contributed by atoms with E-state index >= 15 is 0 Å². The van der Waals surface area contributed by atoms with Gasteiger partial charge in [0.2, 0.25) is 0 Å². The van der Waals surface area contributed by atoms with Gasteiger partial charge in [-0.15, -0.1) is 0 Å².